The van der Waals surface area contributed by atoms with Crippen molar-refractivity contribution in [3.05, 3.63) is 0 Å². The van der Waals surface area contributed by atoms with Gasteiger partial charge in [0.05, 0.1) is 0 Å². The number of carbonyl (C=O) groups is 2. The number of hydrogen-bond acceptors (Lipinski definition) is 5. The first kappa shape index (κ1) is 19.8. The zero-order valence-electron chi connectivity index (χ0n) is 13.1. The number of hydrazine groups is 1. The fourth-order valence-electron chi connectivity index (χ4n) is 2.00. The lowest BCUT2D eigenvalue weighted by molar-refractivity contribution is -0.119. The second-order valence-corrected chi connectivity index (χ2v) is 5.11. The molecule has 5 N–H and O–H groups in total. The summed E-state index contributed by atoms with van der Waals surface area (Å²) >= 11 is 0. The van der Waals surface area contributed by atoms with E-state index in [0.29, 0.717) is 31.6 Å². The number of nitrogens with one attached hydrogen (secondary N) is 3. The number of Topliss-reactive ketones (excluding diaryl/α,β-unsaturated/α-hetero) is 1. The van der Waals surface area contributed by atoms with Crippen LogP contribution in [0.3, 0.4) is 0 Å². The molecule has 2 amide bonds. The molecule has 7 heteroatoms. The van der Waals surface area contributed by atoms with Gasteiger partial charge in [-0.2, -0.15) is 16.3 Å². The second kappa shape index (κ2) is 15.2. The predicted molar refractivity (Wildman–Crippen MR) is 81.8 cm³/mol. The number of urea groups is 1. The highest BCUT2D eigenvalue weighted by Crippen LogP contribution is 2.09. The van der Waals surface area contributed by atoms with Crippen LogP contribution in [-0.4, -0.2) is 18.4 Å². The Morgan fingerprint density at radius 2 is 1.57 bits per heavy atom. The molecule has 0 saturated carbocycles. The topological polar surface area (TPSA) is 105 Å². The maximum atomic E-state index is 11.6. The van der Waals surface area contributed by atoms with Crippen molar-refractivity contribution in [2.45, 2.75) is 71.1 Å². The minimum atomic E-state index is -0.577. The first-order chi connectivity index (χ1) is 10.2. The van der Waals surface area contributed by atoms with E-state index >= 15 is 0 Å². The third-order valence-electron chi connectivity index (χ3n) is 3.17. The molecule has 0 heterocycles. The number of nitrogens with two attached hydrogens (primary N) is 1. The molecule has 7 nitrogen and oxygen atoms in total. The van der Waals surface area contributed by atoms with Crippen LogP contribution in [0.25, 0.3) is 0 Å². The Bertz CT molecular complexity index is 275. The predicted octanol–water partition coefficient (Wildman–Crippen LogP) is 2.09. The van der Waals surface area contributed by atoms with E-state index in [0.717, 1.165) is 12.8 Å². The van der Waals surface area contributed by atoms with Crippen LogP contribution in [0.1, 0.15) is 71.1 Å². The first-order valence-electron chi connectivity index (χ1n) is 7.87. The molecule has 0 saturated heterocycles. The summed E-state index contributed by atoms with van der Waals surface area (Å²) in [6.45, 7) is 2.74. The molecule has 0 radical (unpaired) electrons. The van der Waals surface area contributed by atoms with Crippen molar-refractivity contribution in [3.8, 4) is 0 Å². The summed E-state index contributed by atoms with van der Waals surface area (Å²) in [4.78, 5) is 26.4. The quantitative estimate of drug-likeness (QED) is 0.290. The van der Waals surface area contributed by atoms with Gasteiger partial charge in [0, 0.05) is 19.4 Å². The molecule has 124 valence electrons. The Labute approximate surface area is 127 Å². The van der Waals surface area contributed by atoms with Crippen molar-refractivity contribution < 1.29 is 14.5 Å². The summed E-state index contributed by atoms with van der Waals surface area (Å²) < 4.78 is 0. The van der Waals surface area contributed by atoms with E-state index in [2.05, 4.69) is 28.6 Å². The summed E-state index contributed by atoms with van der Waals surface area (Å²) in [6, 6.07) is -0.577. The fourth-order valence-corrected chi connectivity index (χ4v) is 2.00. The molecule has 0 atom stereocenters. The van der Waals surface area contributed by atoms with Crippen molar-refractivity contribution in [1.29, 1.82) is 0 Å². The monoisotopic (exact) mass is 302 g/mol. The summed E-state index contributed by atoms with van der Waals surface area (Å²) in [5, 5.41) is 0. The highest BCUT2D eigenvalue weighted by atomic mass is 16.8. The summed E-state index contributed by atoms with van der Waals surface area (Å²) in [5.74, 6) is 4.94. The van der Waals surface area contributed by atoms with E-state index < -0.39 is 6.03 Å². The second-order valence-electron chi connectivity index (χ2n) is 5.11. The molecule has 0 aromatic heterocycles. The molecule has 0 aliphatic rings. The van der Waals surface area contributed by atoms with Crippen molar-refractivity contribution in [2.75, 3.05) is 6.54 Å². The van der Waals surface area contributed by atoms with E-state index in [1.54, 1.807) is 0 Å². The largest absolute Gasteiger partial charge is 0.354 e. The van der Waals surface area contributed by atoms with Crippen LogP contribution in [0.4, 0.5) is 4.79 Å². The summed E-state index contributed by atoms with van der Waals surface area (Å²) in [7, 11) is 0. The molecule has 0 unspecified atom stereocenters. The van der Waals surface area contributed by atoms with Crippen LogP contribution in [0, 0.1) is 0 Å². The molecular formula is C14H30N4O3. The van der Waals surface area contributed by atoms with Gasteiger partial charge in [0.25, 0.3) is 0 Å². The average molecular weight is 302 g/mol. The minimum Gasteiger partial charge on any atom is -0.300 e. The van der Waals surface area contributed by atoms with Gasteiger partial charge in [-0.25, -0.2) is 10.2 Å². The number of hydrogen-bond donors (Lipinski definition) is 4. The highest BCUT2D eigenvalue weighted by Gasteiger charge is 2.02. The van der Waals surface area contributed by atoms with Gasteiger partial charge in [-0.05, 0) is 12.8 Å². The number of unbranched alkanes of at least 4 members (excludes halogenated alkanes) is 6. The van der Waals surface area contributed by atoms with Crippen LogP contribution in [0.15, 0.2) is 0 Å². The van der Waals surface area contributed by atoms with Crippen molar-refractivity contribution in [1.82, 2.24) is 16.3 Å². The fraction of sp³-hybridized carbons (Fsp3) is 0.857. The van der Waals surface area contributed by atoms with Gasteiger partial charge in [-0.1, -0.05) is 45.4 Å². The van der Waals surface area contributed by atoms with Crippen molar-refractivity contribution >= 4 is 11.8 Å². The van der Waals surface area contributed by atoms with Crippen LogP contribution >= 0.6 is 0 Å². The average Bonchev–Trinajstić information content (AvgIpc) is 2.46. The molecule has 0 aliphatic carbocycles. The third kappa shape index (κ3) is 15.0. The smallest absolute Gasteiger partial charge is 0.300 e. The number of hydroxylamine groups is 1. The van der Waals surface area contributed by atoms with E-state index in [1.165, 1.54) is 32.1 Å². The third-order valence-corrected chi connectivity index (χ3v) is 3.17. The Balaban J connectivity index is 3.25. The lowest BCUT2D eigenvalue weighted by atomic mass is 10.1. The lowest BCUT2D eigenvalue weighted by Gasteiger charge is -2.06. The molecule has 0 aromatic carbocycles. The maximum absolute atomic E-state index is 11.6. The van der Waals surface area contributed by atoms with Crippen LogP contribution in [-0.2, 0) is 9.73 Å². The Hall–Kier alpha value is -1.18. The number of ketones is 1. The Morgan fingerprint density at radius 1 is 0.952 bits per heavy atom. The molecule has 0 bridgehead atoms. The number of carbonyl (C=O) groups excluding carboxylic acids is 2. The Morgan fingerprint density at radius 3 is 2.24 bits per heavy atom. The molecular weight excluding hydrogens is 272 g/mol. The van der Waals surface area contributed by atoms with E-state index in [-0.39, 0.29) is 0 Å². The Kier molecular flexibility index (Phi) is 14.4. The van der Waals surface area contributed by atoms with Crippen molar-refractivity contribution in [3.63, 3.8) is 0 Å². The van der Waals surface area contributed by atoms with E-state index in [9.17, 15) is 9.59 Å². The van der Waals surface area contributed by atoms with Gasteiger partial charge in [0.15, 0.2) is 0 Å². The maximum Gasteiger partial charge on any atom is 0.354 e. The van der Waals surface area contributed by atoms with E-state index in [4.69, 9.17) is 0 Å². The van der Waals surface area contributed by atoms with Crippen LogP contribution in [0.2, 0.25) is 0 Å². The molecule has 0 spiro atoms. The van der Waals surface area contributed by atoms with Crippen LogP contribution in [0.5, 0.6) is 0 Å². The zero-order chi connectivity index (χ0) is 15.8. The number of amides is 2. The minimum absolute atomic E-state index is 0.292. The summed E-state index contributed by atoms with van der Waals surface area (Å²) in [5.41, 5.74) is 6.89. The van der Waals surface area contributed by atoms with Crippen LogP contribution < -0.4 is 22.2 Å². The lowest BCUT2D eigenvalue weighted by Crippen LogP contribution is -2.45. The summed E-state index contributed by atoms with van der Waals surface area (Å²) in [6.07, 6.45) is 10.5. The van der Waals surface area contributed by atoms with Gasteiger partial charge < -0.3 is 0 Å². The van der Waals surface area contributed by atoms with Gasteiger partial charge >= 0.3 is 6.03 Å². The molecule has 0 aromatic rings. The van der Waals surface area contributed by atoms with E-state index in [1.807, 2.05) is 5.48 Å². The highest BCUT2D eigenvalue weighted by molar-refractivity contribution is 5.78. The molecule has 0 rings (SSSR count). The standard InChI is InChI=1S/C14H30N4O3/c1-2-3-4-5-6-7-8-10-13(19)11-9-12-16-17-14(20)18-21-15/h16H,2-12,15H2,1H3,(H2,17,18,20). The van der Waals surface area contributed by atoms with Gasteiger partial charge in [-0.15, -0.1) is 0 Å². The molecule has 0 aliphatic heterocycles. The molecule has 0 fully saturated rings. The first-order valence-corrected chi connectivity index (χ1v) is 7.87. The van der Waals surface area contributed by atoms with Gasteiger partial charge in [-0.3, -0.25) is 10.2 Å². The SMILES string of the molecule is CCCCCCCCCC(=O)CCCNNC(=O)NON. The normalized spacial score (nSPS) is 10.4. The van der Waals surface area contributed by atoms with Crippen molar-refractivity contribution in [2.24, 2.45) is 5.90 Å². The molecule has 21 heavy (non-hydrogen) atoms. The van der Waals surface area contributed by atoms with Gasteiger partial charge in [0.1, 0.15) is 5.78 Å². The number of rotatable bonds is 14. The zero-order valence-corrected chi connectivity index (χ0v) is 13.1. The van der Waals surface area contributed by atoms with Gasteiger partial charge in [0.2, 0.25) is 0 Å².